The van der Waals surface area contributed by atoms with Crippen molar-refractivity contribution >= 4 is 17.0 Å². The summed E-state index contributed by atoms with van der Waals surface area (Å²) in [6, 6.07) is 13.4. The molecular weight excluding hydrogens is 276 g/mol. The van der Waals surface area contributed by atoms with E-state index in [1.807, 2.05) is 11.3 Å². The van der Waals surface area contributed by atoms with Crippen LogP contribution in [0.3, 0.4) is 0 Å². The summed E-state index contributed by atoms with van der Waals surface area (Å²) in [5.41, 5.74) is 2.65. The van der Waals surface area contributed by atoms with E-state index in [0.29, 0.717) is 0 Å². The maximum Gasteiger partial charge on any atom is 0.0494 e. The van der Waals surface area contributed by atoms with E-state index >= 15 is 0 Å². The largest absolute Gasteiger partial charge is 0.380 e. The van der Waals surface area contributed by atoms with Gasteiger partial charge in [-0.3, -0.25) is 4.90 Å². The molecule has 2 nitrogen and oxygen atoms in total. The van der Waals surface area contributed by atoms with Gasteiger partial charge in [0, 0.05) is 28.5 Å². The molecule has 1 aromatic heterocycles. The van der Waals surface area contributed by atoms with E-state index in [1.165, 1.54) is 46.9 Å². The monoisotopic (exact) mass is 300 g/mol. The first-order valence-electron chi connectivity index (χ1n) is 7.96. The van der Waals surface area contributed by atoms with Gasteiger partial charge in [0.05, 0.1) is 0 Å². The van der Waals surface area contributed by atoms with Crippen molar-refractivity contribution in [3.05, 3.63) is 51.7 Å². The Bertz CT molecular complexity index is 570. The first-order chi connectivity index (χ1) is 10.3. The molecule has 0 amide bonds. The second kappa shape index (κ2) is 7.10. The molecule has 1 N–H and O–H groups in total. The molecule has 0 radical (unpaired) electrons. The Labute approximate surface area is 131 Å². The number of likely N-dealkylation sites (tertiary alicyclic amines) is 1. The Balaban J connectivity index is 1.57. The minimum Gasteiger partial charge on any atom is -0.380 e. The zero-order valence-corrected chi connectivity index (χ0v) is 13.6. The number of hydrogen-bond acceptors (Lipinski definition) is 3. The van der Waals surface area contributed by atoms with Crippen molar-refractivity contribution in [1.29, 1.82) is 0 Å². The fourth-order valence-corrected chi connectivity index (χ4v) is 3.77. The molecule has 1 aliphatic heterocycles. The van der Waals surface area contributed by atoms with Crippen LogP contribution in [-0.2, 0) is 19.5 Å². The number of nitrogens with one attached hydrogen (secondary N) is 1. The lowest BCUT2D eigenvalue weighted by atomic mass is 10.2. The average Bonchev–Trinajstić information content (AvgIpc) is 3.17. The van der Waals surface area contributed by atoms with Gasteiger partial charge >= 0.3 is 0 Å². The maximum atomic E-state index is 3.56. The van der Waals surface area contributed by atoms with E-state index in [2.05, 4.69) is 53.5 Å². The summed E-state index contributed by atoms with van der Waals surface area (Å²) < 4.78 is 0. The van der Waals surface area contributed by atoms with Gasteiger partial charge in [-0.2, -0.15) is 0 Å². The number of anilines is 1. The van der Waals surface area contributed by atoms with E-state index in [-0.39, 0.29) is 0 Å². The third-order valence-corrected chi connectivity index (χ3v) is 5.29. The van der Waals surface area contributed by atoms with Crippen molar-refractivity contribution in [2.24, 2.45) is 0 Å². The summed E-state index contributed by atoms with van der Waals surface area (Å²) in [5, 5.41) is 3.56. The van der Waals surface area contributed by atoms with Crippen LogP contribution >= 0.6 is 11.3 Å². The predicted octanol–water partition coefficient (Wildman–Crippen LogP) is 4.52. The van der Waals surface area contributed by atoms with Crippen molar-refractivity contribution in [3.8, 4) is 0 Å². The number of rotatable bonds is 6. The van der Waals surface area contributed by atoms with E-state index in [0.717, 1.165) is 19.5 Å². The van der Waals surface area contributed by atoms with Gasteiger partial charge in [0.1, 0.15) is 0 Å². The Hall–Kier alpha value is -1.32. The Morgan fingerprint density at radius 1 is 1.10 bits per heavy atom. The molecule has 0 spiro atoms. The molecule has 1 fully saturated rings. The average molecular weight is 300 g/mol. The second-order valence-corrected chi connectivity index (χ2v) is 7.01. The van der Waals surface area contributed by atoms with E-state index < -0.39 is 0 Å². The molecule has 2 heterocycles. The van der Waals surface area contributed by atoms with Crippen LogP contribution in [-0.4, -0.2) is 18.0 Å². The van der Waals surface area contributed by atoms with Crippen molar-refractivity contribution in [2.75, 3.05) is 18.4 Å². The van der Waals surface area contributed by atoms with Crippen LogP contribution in [0.1, 0.15) is 35.1 Å². The first kappa shape index (κ1) is 14.6. The molecule has 0 aliphatic carbocycles. The highest BCUT2D eigenvalue weighted by molar-refractivity contribution is 7.12. The number of nitrogens with zero attached hydrogens (tertiary/aromatic N) is 1. The summed E-state index contributed by atoms with van der Waals surface area (Å²) >= 11 is 1.91. The van der Waals surface area contributed by atoms with Gasteiger partial charge in [-0.05, 0) is 62.2 Å². The van der Waals surface area contributed by atoms with Gasteiger partial charge in [-0.25, -0.2) is 0 Å². The Kier molecular flexibility index (Phi) is 4.94. The van der Waals surface area contributed by atoms with Crippen LogP contribution in [0.25, 0.3) is 0 Å². The molecule has 1 aliphatic rings. The maximum absolute atomic E-state index is 3.56. The second-order valence-electron chi connectivity index (χ2n) is 5.76. The highest BCUT2D eigenvalue weighted by Crippen LogP contribution is 2.20. The van der Waals surface area contributed by atoms with Crippen LogP contribution in [0.4, 0.5) is 5.69 Å². The van der Waals surface area contributed by atoms with Crippen molar-refractivity contribution in [3.63, 3.8) is 0 Å². The summed E-state index contributed by atoms with van der Waals surface area (Å²) in [6.07, 6.45) is 3.85. The molecular formula is C18H24N2S. The molecule has 0 atom stereocenters. The lowest BCUT2D eigenvalue weighted by Crippen LogP contribution is -2.18. The molecule has 3 rings (SSSR count). The molecule has 3 heteroatoms. The highest BCUT2D eigenvalue weighted by Gasteiger charge is 2.11. The molecule has 1 aromatic carbocycles. The van der Waals surface area contributed by atoms with Crippen molar-refractivity contribution in [2.45, 2.75) is 39.3 Å². The fraction of sp³-hybridized carbons (Fsp3) is 0.444. The molecule has 0 unspecified atom stereocenters. The van der Waals surface area contributed by atoms with E-state index in [4.69, 9.17) is 0 Å². The summed E-state index contributed by atoms with van der Waals surface area (Å²) in [5.74, 6) is 0. The normalized spacial score (nSPS) is 15.5. The smallest absolute Gasteiger partial charge is 0.0494 e. The van der Waals surface area contributed by atoms with Crippen LogP contribution in [0, 0.1) is 0 Å². The third-order valence-electron chi connectivity index (χ3n) is 4.06. The first-order valence-corrected chi connectivity index (χ1v) is 8.78. The summed E-state index contributed by atoms with van der Waals surface area (Å²) in [6.45, 7) is 6.75. The van der Waals surface area contributed by atoms with Gasteiger partial charge in [-0.15, -0.1) is 11.3 Å². The van der Waals surface area contributed by atoms with E-state index in [9.17, 15) is 0 Å². The minimum absolute atomic E-state index is 0.928. The summed E-state index contributed by atoms with van der Waals surface area (Å²) in [7, 11) is 0. The standard InChI is InChI=1S/C18H24N2S/c1-2-17-8-9-18(21-17)13-19-16-7-5-6-15(12-16)14-20-10-3-4-11-20/h5-9,12,19H,2-4,10-11,13-14H2,1H3. The molecule has 112 valence electrons. The quantitative estimate of drug-likeness (QED) is 0.844. The third kappa shape index (κ3) is 4.08. The number of thiophene rings is 1. The molecule has 0 saturated carbocycles. The topological polar surface area (TPSA) is 15.3 Å². The highest BCUT2D eigenvalue weighted by atomic mass is 32.1. The van der Waals surface area contributed by atoms with Gasteiger partial charge < -0.3 is 5.32 Å². The number of aryl methyl sites for hydroxylation is 1. The molecule has 21 heavy (non-hydrogen) atoms. The number of hydrogen-bond donors (Lipinski definition) is 1. The lowest BCUT2D eigenvalue weighted by Gasteiger charge is -2.15. The van der Waals surface area contributed by atoms with Gasteiger partial charge in [0.2, 0.25) is 0 Å². The summed E-state index contributed by atoms with van der Waals surface area (Å²) in [4.78, 5) is 5.43. The molecule has 2 aromatic rings. The van der Waals surface area contributed by atoms with Crippen LogP contribution in [0.15, 0.2) is 36.4 Å². The van der Waals surface area contributed by atoms with Gasteiger partial charge in [0.15, 0.2) is 0 Å². The van der Waals surface area contributed by atoms with Crippen molar-refractivity contribution < 1.29 is 0 Å². The van der Waals surface area contributed by atoms with Gasteiger partial charge in [0.25, 0.3) is 0 Å². The van der Waals surface area contributed by atoms with Crippen LogP contribution < -0.4 is 5.32 Å². The zero-order chi connectivity index (χ0) is 14.5. The van der Waals surface area contributed by atoms with Gasteiger partial charge in [-0.1, -0.05) is 19.1 Å². The van der Waals surface area contributed by atoms with Crippen LogP contribution in [0.5, 0.6) is 0 Å². The SMILES string of the molecule is CCc1ccc(CNc2cccc(CN3CCCC3)c2)s1. The molecule has 1 saturated heterocycles. The van der Waals surface area contributed by atoms with Crippen molar-refractivity contribution in [1.82, 2.24) is 4.90 Å². The van der Waals surface area contributed by atoms with Crippen LogP contribution in [0.2, 0.25) is 0 Å². The minimum atomic E-state index is 0.928. The molecule has 0 bridgehead atoms. The fourth-order valence-electron chi connectivity index (χ4n) is 2.88. The zero-order valence-electron chi connectivity index (χ0n) is 12.8. The Morgan fingerprint density at radius 2 is 1.90 bits per heavy atom. The number of benzene rings is 1. The lowest BCUT2D eigenvalue weighted by molar-refractivity contribution is 0.331. The predicted molar refractivity (Wildman–Crippen MR) is 92.0 cm³/mol. The van der Waals surface area contributed by atoms with E-state index in [1.54, 1.807) is 0 Å². The Morgan fingerprint density at radius 3 is 2.67 bits per heavy atom.